The first-order valence-corrected chi connectivity index (χ1v) is 7.31. The van der Waals surface area contributed by atoms with E-state index < -0.39 is 0 Å². The number of rotatable bonds is 3. The molecule has 3 unspecified atom stereocenters. The van der Waals surface area contributed by atoms with Crippen LogP contribution in [0.1, 0.15) is 36.0 Å². The average molecular weight is 272 g/mol. The summed E-state index contributed by atoms with van der Waals surface area (Å²) >= 11 is 0. The van der Waals surface area contributed by atoms with Gasteiger partial charge in [0, 0.05) is 13.0 Å². The van der Waals surface area contributed by atoms with Crippen LogP contribution in [0.3, 0.4) is 0 Å². The quantitative estimate of drug-likeness (QED) is 0.887. The second-order valence-corrected chi connectivity index (χ2v) is 5.90. The van der Waals surface area contributed by atoms with Crippen molar-refractivity contribution in [2.75, 3.05) is 12.4 Å². The topological polar surface area (TPSA) is 58.2 Å². The van der Waals surface area contributed by atoms with E-state index in [1.807, 2.05) is 6.07 Å². The third kappa shape index (κ3) is 2.30. The van der Waals surface area contributed by atoms with E-state index in [1.54, 1.807) is 25.2 Å². The average Bonchev–Trinajstić information content (AvgIpc) is 3.09. The number of para-hydroxylation sites is 1. The van der Waals surface area contributed by atoms with Crippen LogP contribution < -0.4 is 10.6 Å². The maximum atomic E-state index is 12.4. The van der Waals surface area contributed by atoms with Crippen LogP contribution in [0.4, 0.5) is 5.69 Å². The van der Waals surface area contributed by atoms with Gasteiger partial charge >= 0.3 is 0 Å². The Morgan fingerprint density at radius 3 is 2.60 bits per heavy atom. The number of benzene rings is 1. The Morgan fingerprint density at radius 1 is 1.15 bits per heavy atom. The Morgan fingerprint density at radius 2 is 1.95 bits per heavy atom. The highest BCUT2D eigenvalue weighted by Crippen LogP contribution is 2.48. The molecule has 3 atom stereocenters. The maximum Gasteiger partial charge on any atom is 0.253 e. The molecule has 0 radical (unpaired) electrons. The smallest absolute Gasteiger partial charge is 0.253 e. The molecule has 106 valence electrons. The van der Waals surface area contributed by atoms with Gasteiger partial charge in [-0.15, -0.1) is 0 Å². The molecule has 2 fully saturated rings. The lowest BCUT2D eigenvalue weighted by Crippen LogP contribution is -2.28. The third-order valence-corrected chi connectivity index (χ3v) is 4.73. The minimum absolute atomic E-state index is 0.0774. The monoisotopic (exact) mass is 272 g/mol. The van der Waals surface area contributed by atoms with Gasteiger partial charge in [0.2, 0.25) is 5.91 Å². The molecule has 2 bridgehead atoms. The van der Waals surface area contributed by atoms with Gasteiger partial charge in [0.05, 0.1) is 11.3 Å². The molecule has 2 aliphatic carbocycles. The molecule has 0 saturated heterocycles. The molecule has 2 saturated carbocycles. The maximum absolute atomic E-state index is 12.4. The summed E-state index contributed by atoms with van der Waals surface area (Å²) in [6.45, 7) is 0. The van der Waals surface area contributed by atoms with E-state index in [-0.39, 0.29) is 17.7 Å². The molecular formula is C16H20N2O2. The fourth-order valence-corrected chi connectivity index (χ4v) is 3.72. The first-order chi connectivity index (χ1) is 9.69. The second-order valence-electron chi connectivity index (χ2n) is 5.90. The Balaban J connectivity index is 1.75. The molecule has 2 N–H and O–H groups in total. The number of hydrogen-bond acceptors (Lipinski definition) is 2. The molecule has 0 aromatic heterocycles. The molecule has 2 aliphatic rings. The normalized spacial score (nSPS) is 27.4. The number of carbonyl (C=O) groups excluding carboxylic acids is 2. The summed E-state index contributed by atoms with van der Waals surface area (Å²) in [6.07, 6.45) is 4.68. The largest absolute Gasteiger partial charge is 0.355 e. The first-order valence-electron chi connectivity index (χ1n) is 7.31. The van der Waals surface area contributed by atoms with Gasteiger partial charge in [0.15, 0.2) is 0 Å². The van der Waals surface area contributed by atoms with E-state index in [2.05, 4.69) is 10.6 Å². The minimum atomic E-state index is -0.172. The highest BCUT2D eigenvalue weighted by atomic mass is 16.2. The molecule has 2 amide bonds. The number of fused-ring (bicyclic) bond motifs is 2. The van der Waals surface area contributed by atoms with Crippen molar-refractivity contribution in [1.82, 2.24) is 5.32 Å². The van der Waals surface area contributed by atoms with Crippen LogP contribution in [0.5, 0.6) is 0 Å². The van der Waals surface area contributed by atoms with E-state index in [0.29, 0.717) is 17.2 Å². The van der Waals surface area contributed by atoms with Gasteiger partial charge in [-0.05, 0) is 43.2 Å². The zero-order valence-electron chi connectivity index (χ0n) is 11.7. The van der Waals surface area contributed by atoms with E-state index in [0.717, 1.165) is 12.3 Å². The highest BCUT2D eigenvalue weighted by Gasteiger charge is 2.43. The molecule has 1 aromatic rings. The fraction of sp³-hybridized carbons (Fsp3) is 0.500. The van der Waals surface area contributed by atoms with Crippen LogP contribution in [0, 0.1) is 17.8 Å². The Hall–Kier alpha value is -1.84. The molecule has 4 nitrogen and oxygen atoms in total. The van der Waals surface area contributed by atoms with Crippen LogP contribution in [0.25, 0.3) is 0 Å². The third-order valence-electron chi connectivity index (χ3n) is 4.73. The van der Waals surface area contributed by atoms with Gasteiger partial charge in [-0.2, -0.15) is 0 Å². The zero-order valence-corrected chi connectivity index (χ0v) is 11.7. The summed E-state index contributed by atoms with van der Waals surface area (Å²) in [5, 5.41) is 5.55. The molecule has 3 rings (SSSR count). The predicted molar refractivity (Wildman–Crippen MR) is 77.4 cm³/mol. The summed E-state index contributed by atoms with van der Waals surface area (Å²) in [5.74, 6) is 1.32. The van der Waals surface area contributed by atoms with E-state index in [1.165, 1.54) is 19.3 Å². The van der Waals surface area contributed by atoms with Gasteiger partial charge in [0.25, 0.3) is 5.91 Å². The number of nitrogens with one attached hydrogen (secondary N) is 2. The highest BCUT2D eigenvalue weighted by molar-refractivity contribution is 6.04. The summed E-state index contributed by atoms with van der Waals surface area (Å²) in [7, 11) is 1.59. The number of anilines is 1. The molecule has 0 heterocycles. The Kier molecular flexibility index (Phi) is 3.47. The Labute approximate surface area is 118 Å². The minimum Gasteiger partial charge on any atom is -0.355 e. The van der Waals surface area contributed by atoms with Crippen LogP contribution >= 0.6 is 0 Å². The molecular weight excluding hydrogens is 252 g/mol. The van der Waals surface area contributed by atoms with Gasteiger partial charge in [-0.1, -0.05) is 18.6 Å². The lowest BCUT2D eigenvalue weighted by atomic mass is 9.88. The number of carbonyl (C=O) groups is 2. The lowest BCUT2D eigenvalue weighted by Gasteiger charge is -2.21. The molecule has 0 aliphatic heterocycles. The standard InChI is InChI=1S/C16H20N2O2/c1-17-15(19)12-4-2-3-5-14(12)18-16(20)13-9-10-6-7-11(13)8-10/h2-5,10-11,13H,6-9H2,1H3,(H,17,19)(H,18,20). The van der Waals surface area contributed by atoms with Crippen molar-refractivity contribution in [2.45, 2.75) is 25.7 Å². The van der Waals surface area contributed by atoms with E-state index >= 15 is 0 Å². The van der Waals surface area contributed by atoms with Crippen molar-refractivity contribution < 1.29 is 9.59 Å². The SMILES string of the molecule is CNC(=O)c1ccccc1NC(=O)C1CC2CCC1C2. The van der Waals surface area contributed by atoms with Gasteiger partial charge in [-0.3, -0.25) is 9.59 Å². The number of amides is 2. The van der Waals surface area contributed by atoms with Crippen LogP contribution in [0.2, 0.25) is 0 Å². The lowest BCUT2D eigenvalue weighted by molar-refractivity contribution is -0.121. The molecule has 0 spiro atoms. The first kappa shape index (κ1) is 13.2. The molecule has 1 aromatic carbocycles. The van der Waals surface area contributed by atoms with Crippen molar-refractivity contribution in [3.63, 3.8) is 0 Å². The number of hydrogen-bond donors (Lipinski definition) is 2. The summed E-state index contributed by atoms with van der Waals surface area (Å²) in [4.78, 5) is 24.2. The van der Waals surface area contributed by atoms with Crippen LogP contribution in [0.15, 0.2) is 24.3 Å². The molecule has 4 heteroatoms. The van der Waals surface area contributed by atoms with Crippen LogP contribution in [-0.4, -0.2) is 18.9 Å². The summed E-state index contributed by atoms with van der Waals surface area (Å²) < 4.78 is 0. The molecule has 20 heavy (non-hydrogen) atoms. The van der Waals surface area contributed by atoms with E-state index in [4.69, 9.17) is 0 Å². The second kappa shape index (κ2) is 5.27. The van der Waals surface area contributed by atoms with Crippen molar-refractivity contribution in [3.8, 4) is 0 Å². The summed E-state index contributed by atoms with van der Waals surface area (Å²) in [6, 6.07) is 7.16. The predicted octanol–water partition coefficient (Wildman–Crippen LogP) is 2.42. The fourth-order valence-electron chi connectivity index (χ4n) is 3.72. The van der Waals surface area contributed by atoms with Crippen molar-refractivity contribution in [1.29, 1.82) is 0 Å². The van der Waals surface area contributed by atoms with Crippen molar-refractivity contribution in [3.05, 3.63) is 29.8 Å². The van der Waals surface area contributed by atoms with E-state index in [9.17, 15) is 9.59 Å². The van der Waals surface area contributed by atoms with Gasteiger partial charge in [-0.25, -0.2) is 0 Å². The van der Waals surface area contributed by atoms with Crippen LogP contribution in [-0.2, 0) is 4.79 Å². The Bertz CT molecular complexity index is 541. The van der Waals surface area contributed by atoms with Gasteiger partial charge < -0.3 is 10.6 Å². The zero-order chi connectivity index (χ0) is 14.1. The van der Waals surface area contributed by atoms with Crippen molar-refractivity contribution >= 4 is 17.5 Å². The van der Waals surface area contributed by atoms with Gasteiger partial charge in [0.1, 0.15) is 0 Å². The van der Waals surface area contributed by atoms with Crippen molar-refractivity contribution in [2.24, 2.45) is 17.8 Å². The summed E-state index contributed by atoms with van der Waals surface area (Å²) in [5.41, 5.74) is 1.13.